The number of benzene rings is 2. The number of hydrogen-bond donors (Lipinski definition) is 2. The molecule has 1 aromatic heterocycles. The first kappa shape index (κ1) is 26.0. The summed E-state index contributed by atoms with van der Waals surface area (Å²) in [6.45, 7) is 0.784. The molecule has 0 saturated heterocycles. The Bertz CT molecular complexity index is 1270. The van der Waals surface area contributed by atoms with Crippen molar-refractivity contribution in [3.8, 4) is 5.75 Å². The molecule has 0 fully saturated rings. The maximum atomic E-state index is 14.3. The molecule has 1 unspecified atom stereocenters. The zero-order valence-corrected chi connectivity index (χ0v) is 19.9. The van der Waals surface area contributed by atoms with Gasteiger partial charge in [-0.05, 0) is 54.3 Å². The topological polar surface area (TPSA) is 91.8 Å². The number of aliphatic carboxylic acids is 1. The highest BCUT2D eigenvalue weighted by molar-refractivity contribution is 5.84. The summed E-state index contributed by atoms with van der Waals surface area (Å²) in [7, 11) is 0. The maximum absolute atomic E-state index is 14.3. The number of nitrogens with one attached hydrogen (secondary N) is 1. The van der Waals surface area contributed by atoms with E-state index in [1.807, 2.05) is 18.2 Å². The molecule has 7 nitrogen and oxygen atoms in total. The number of rotatable bonds is 10. The fraction of sp³-hybridized carbons (Fsp3) is 0.296. The van der Waals surface area contributed by atoms with Gasteiger partial charge in [0.1, 0.15) is 11.6 Å². The van der Waals surface area contributed by atoms with E-state index < -0.39 is 41.7 Å². The Morgan fingerprint density at radius 3 is 2.70 bits per heavy atom. The van der Waals surface area contributed by atoms with Crippen LogP contribution in [0.4, 0.5) is 19.0 Å². The number of carboxylic acid groups (broad SMARTS) is 1. The molecule has 2 N–H and O–H groups in total. The lowest BCUT2D eigenvalue weighted by Crippen LogP contribution is -2.35. The highest BCUT2D eigenvalue weighted by Crippen LogP contribution is 2.30. The molecule has 10 heteroatoms. The average molecular weight is 514 g/mol. The molecule has 4 rings (SSSR count). The van der Waals surface area contributed by atoms with Crippen LogP contribution < -0.4 is 10.1 Å². The molecule has 3 aromatic rings. The van der Waals surface area contributed by atoms with Crippen LogP contribution in [0.1, 0.15) is 29.5 Å². The van der Waals surface area contributed by atoms with Crippen molar-refractivity contribution < 1.29 is 32.6 Å². The van der Waals surface area contributed by atoms with Gasteiger partial charge in [0.2, 0.25) is 5.91 Å². The lowest BCUT2D eigenvalue weighted by molar-refractivity contribution is -0.144. The SMILES string of the molecule is O=C(O)CC1Cc2ccc(OCCCNc3ccccn3)cc2CN(Cc2ccc(F)c(F)c2F)C1=O. The third-order valence-electron chi connectivity index (χ3n) is 6.12. The van der Waals surface area contributed by atoms with Crippen LogP contribution in [0, 0.1) is 23.4 Å². The number of fused-ring (bicyclic) bond motifs is 1. The molecule has 37 heavy (non-hydrogen) atoms. The second-order valence-electron chi connectivity index (χ2n) is 8.80. The monoisotopic (exact) mass is 513 g/mol. The summed E-state index contributed by atoms with van der Waals surface area (Å²) in [5.41, 5.74) is 1.29. The number of anilines is 1. The molecule has 0 radical (unpaired) electrons. The zero-order valence-electron chi connectivity index (χ0n) is 19.9. The van der Waals surface area contributed by atoms with E-state index in [4.69, 9.17) is 4.74 Å². The largest absolute Gasteiger partial charge is 0.494 e. The van der Waals surface area contributed by atoms with Crippen molar-refractivity contribution in [1.29, 1.82) is 0 Å². The van der Waals surface area contributed by atoms with E-state index in [1.54, 1.807) is 24.4 Å². The molecule has 0 aliphatic carbocycles. The summed E-state index contributed by atoms with van der Waals surface area (Å²) in [6.07, 6.45) is 2.18. The average Bonchev–Trinajstić information content (AvgIpc) is 3.00. The Morgan fingerprint density at radius 1 is 1.11 bits per heavy atom. The lowest BCUT2D eigenvalue weighted by atomic mass is 9.94. The van der Waals surface area contributed by atoms with Gasteiger partial charge in [0, 0.05) is 31.4 Å². The van der Waals surface area contributed by atoms with Crippen molar-refractivity contribution in [3.63, 3.8) is 0 Å². The first-order valence-electron chi connectivity index (χ1n) is 11.8. The van der Waals surface area contributed by atoms with Gasteiger partial charge in [-0.25, -0.2) is 18.2 Å². The Kier molecular flexibility index (Phi) is 8.27. The maximum Gasteiger partial charge on any atom is 0.304 e. The van der Waals surface area contributed by atoms with Gasteiger partial charge in [-0.15, -0.1) is 0 Å². The highest BCUT2D eigenvalue weighted by atomic mass is 19.2. The van der Waals surface area contributed by atoms with Crippen LogP contribution in [0.3, 0.4) is 0 Å². The molecule has 1 aliphatic heterocycles. The number of halogens is 3. The number of carbonyl (C=O) groups is 2. The molecular formula is C27H26F3N3O4. The van der Waals surface area contributed by atoms with Crippen molar-refractivity contribution in [1.82, 2.24) is 9.88 Å². The fourth-order valence-electron chi connectivity index (χ4n) is 4.28. The number of pyridine rings is 1. The van der Waals surface area contributed by atoms with E-state index in [-0.39, 0.29) is 25.1 Å². The quantitative estimate of drug-likeness (QED) is 0.305. The molecule has 0 bridgehead atoms. The predicted molar refractivity (Wildman–Crippen MR) is 129 cm³/mol. The molecule has 0 spiro atoms. The Hall–Kier alpha value is -4.08. The van der Waals surface area contributed by atoms with E-state index in [0.717, 1.165) is 23.5 Å². The van der Waals surface area contributed by atoms with Gasteiger partial charge in [-0.1, -0.05) is 18.2 Å². The minimum Gasteiger partial charge on any atom is -0.494 e. The summed E-state index contributed by atoms with van der Waals surface area (Å²) in [5, 5.41) is 12.5. The van der Waals surface area contributed by atoms with Gasteiger partial charge in [-0.2, -0.15) is 0 Å². The summed E-state index contributed by atoms with van der Waals surface area (Å²) < 4.78 is 47.4. The van der Waals surface area contributed by atoms with Crippen molar-refractivity contribution in [2.45, 2.75) is 32.4 Å². The number of amides is 1. The van der Waals surface area contributed by atoms with E-state index in [2.05, 4.69) is 10.3 Å². The van der Waals surface area contributed by atoms with Crippen LogP contribution in [-0.2, 0) is 29.1 Å². The minimum atomic E-state index is -1.62. The van der Waals surface area contributed by atoms with Crippen molar-refractivity contribution >= 4 is 17.7 Å². The van der Waals surface area contributed by atoms with Crippen LogP contribution in [0.25, 0.3) is 0 Å². The van der Waals surface area contributed by atoms with Crippen LogP contribution in [-0.4, -0.2) is 40.0 Å². The number of carbonyl (C=O) groups excluding carboxylic acids is 1. The summed E-state index contributed by atoms with van der Waals surface area (Å²) in [4.78, 5) is 30.1. The minimum absolute atomic E-state index is 0.0428. The second kappa shape index (κ2) is 11.8. The van der Waals surface area contributed by atoms with Crippen LogP contribution in [0.5, 0.6) is 5.75 Å². The third kappa shape index (κ3) is 6.58. The van der Waals surface area contributed by atoms with Crippen LogP contribution in [0.15, 0.2) is 54.7 Å². The smallest absolute Gasteiger partial charge is 0.304 e. The van der Waals surface area contributed by atoms with Crippen molar-refractivity contribution in [2.75, 3.05) is 18.5 Å². The van der Waals surface area contributed by atoms with E-state index in [0.29, 0.717) is 30.9 Å². The van der Waals surface area contributed by atoms with Gasteiger partial charge >= 0.3 is 5.97 Å². The number of aromatic nitrogens is 1. The fourth-order valence-corrected chi connectivity index (χ4v) is 4.28. The molecule has 0 saturated carbocycles. The van der Waals surface area contributed by atoms with E-state index in [9.17, 15) is 27.9 Å². The summed E-state index contributed by atoms with van der Waals surface area (Å²) in [5.74, 6) is -5.48. The van der Waals surface area contributed by atoms with Crippen LogP contribution in [0.2, 0.25) is 0 Å². The van der Waals surface area contributed by atoms with Gasteiger partial charge in [-0.3, -0.25) is 9.59 Å². The van der Waals surface area contributed by atoms with E-state index in [1.165, 1.54) is 4.90 Å². The number of ether oxygens (including phenoxy) is 1. The third-order valence-corrected chi connectivity index (χ3v) is 6.12. The molecule has 1 aliphatic rings. The molecule has 1 atom stereocenters. The summed E-state index contributed by atoms with van der Waals surface area (Å²) in [6, 6.07) is 12.8. The standard InChI is InChI=1S/C27H26F3N3O4/c28-22-8-6-18(25(29)26(22)30)15-33-16-20-13-21(37-11-3-10-32-23-4-1-2-9-31-23)7-5-17(20)12-19(27(33)36)14-24(34)35/h1-2,4-9,13,19H,3,10-12,14-16H2,(H,31,32)(H,34,35). The predicted octanol–water partition coefficient (Wildman–Crippen LogP) is 4.56. The van der Waals surface area contributed by atoms with Crippen molar-refractivity contribution in [2.24, 2.45) is 5.92 Å². The Balaban J connectivity index is 1.47. The zero-order chi connectivity index (χ0) is 26.4. The molecule has 194 valence electrons. The van der Waals surface area contributed by atoms with Gasteiger partial charge in [0.25, 0.3) is 0 Å². The molecular weight excluding hydrogens is 487 g/mol. The second-order valence-corrected chi connectivity index (χ2v) is 8.80. The Morgan fingerprint density at radius 2 is 1.95 bits per heavy atom. The summed E-state index contributed by atoms with van der Waals surface area (Å²) >= 11 is 0. The van der Waals surface area contributed by atoms with Crippen LogP contribution >= 0.6 is 0 Å². The van der Waals surface area contributed by atoms with Crippen molar-refractivity contribution in [3.05, 3.63) is 88.9 Å². The van der Waals surface area contributed by atoms with Gasteiger partial charge in [0.05, 0.1) is 18.9 Å². The number of carboxylic acids is 1. The number of hydrogen-bond acceptors (Lipinski definition) is 5. The van der Waals surface area contributed by atoms with E-state index >= 15 is 0 Å². The highest BCUT2D eigenvalue weighted by Gasteiger charge is 2.32. The normalized spacial score (nSPS) is 15.2. The molecule has 2 aromatic carbocycles. The molecule has 2 heterocycles. The van der Waals surface area contributed by atoms with Gasteiger partial charge in [0.15, 0.2) is 17.5 Å². The Labute approximate surface area is 211 Å². The first-order valence-corrected chi connectivity index (χ1v) is 11.8. The first-order chi connectivity index (χ1) is 17.8. The molecule has 1 amide bonds. The number of nitrogens with zero attached hydrogens (tertiary/aromatic N) is 2. The van der Waals surface area contributed by atoms with Gasteiger partial charge < -0.3 is 20.1 Å². The lowest BCUT2D eigenvalue weighted by Gasteiger charge is -2.24.